The van der Waals surface area contributed by atoms with Crippen LogP contribution in [0.4, 0.5) is 0 Å². The van der Waals surface area contributed by atoms with Gasteiger partial charge in [-0.15, -0.1) is 11.3 Å². The van der Waals surface area contributed by atoms with Gasteiger partial charge in [-0.3, -0.25) is 4.98 Å². The van der Waals surface area contributed by atoms with Crippen molar-refractivity contribution in [3.05, 3.63) is 210 Å². The van der Waals surface area contributed by atoms with Gasteiger partial charge in [0, 0.05) is 43.0 Å². The second kappa shape index (κ2) is 15.6. The molecule has 0 bridgehead atoms. The highest BCUT2D eigenvalue weighted by Gasteiger charge is 2.26. The van der Waals surface area contributed by atoms with Crippen molar-refractivity contribution in [1.82, 2.24) is 15.0 Å². The minimum absolute atomic E-state index is 0.102. The Morgan fingerprint density at radius 3 is 2.20 bits per heavy atom. The topological polar surface area (TPSA) is 38.7 Å². The average Bonchev–Trinajstić information content (AvgIpc) is 3.72. The summed E-state index contributed by atoms with van der Waals surface area (Å²) in [7, 11) is 0. The highest BCUT2D eigenvalue weighted by Crippen LogP contribution is 2.46. The van der Waals surface area contributed by atoms with Gasteiger partial charge in [-0.05, 0) is 95.2 Å². The monoisotopic (exact) mass is 791 g/mol. The van der Waals surface area contributed by atoms with Gasteiger partial charge in [0.2, 0.25) is 0 Å². The average molecular weight is 792 g/mol. The normalized spacial score (nSPS) is 20.1. The Balaban J connectivity index is 0.988. The Bertz CT molecular complexity index is 3080. The van der Waals surface area contributed by atoms with Crippen LogP contribution in [0.1, 0.15) is 73.6 Å². The van der Waals surface area contributed by atoms with Gasteiger partial charge in [-0.1, -0.05) is 165 Å². The molecule has 0 aliphatic heterocycles. The van der Waals surface area contributed by atoms with Gasteiger partial charge >= 0.3 is 0 Å². The molecule has 3 aromatic heterocycles. The Kier molecular flexibility index (Phi) is 9.51. The third-order valence-electron chi connectivity index (χ3n) is 12.8. The fourth-order valence-electron chi connectivity index (χ4n) is 9.48. The van der Waals surface area contributed by atoms with Crippen molar-refractivity contribution < 1.29 is 0 Å². The number of nitrogens with zero attached hydrogens (tertiary/aromatic N) is 3. The van der Waals surface area contributed by atoms with Gasteiger partial charge in [-0.25, -0.2) is 9.97 Å². The molecule has 0 radical (unpaired) electrons. The molecule has 290 valence electrons. The van der Waals surface area contributed by atoms with Crippen molar-refractivity contribution in [3.63, 3.8) is 0 Å². The third-order valence-corrected chi connectivity index (χ3v) is 14.0. The molecule has 0 saturated heterocycles. The molecular weight excluding hydrogens is 747 g/mol. The van der Waals surface area contributed by atoms with Crippen LogP contribution in [0.3, 0.4) is 0 Å². The largest absolute Gasteiger partial charge is 0.251 e. The maximum atomic E-state index is 5.49. The molecule has 60 heavy (non-hydrogen) atoms. The fraction of sp³-hybridized carbons (Fsp3) is 0.161. The number of hydrogen-bond acceptors (Lipinski definition) is 4. The number of aromatic nitrogens is 3. The van der Waals surface area contributed by atoms with Crippen molar-refractivity contribution in [3.8, 4) is 22.4 Å². The van der Waals surface area contributed by atoms with Crippen molar-refractivity contribution >= 4 is 53.6 Å². The van der Waals surface area contributed by atoms with E-state index in [0.717, 1.165) is 60.4 Å². The Labute approximate surface area is 356 Å². The van der Waals surface area contributed by atoms with Crippen LogP contribution in [0.2, 0.25) is 0 Å². The number of fused-ring (bicyclic) bond motifs is 5. The van der Waals surface area contributed by atoms with Gasteiger partial charge < -0.3 is 0 Å². The van der Waals surface area contributed by atoms with Crippen LogP contribution in [0.5, 0.6) is 0 Å². The van der Waals surface area contributed by atoms with Crippen LogP contribution in [-0.2, 0) is 0 Å². The van der Waals surface area contributed by atoms with Gasteiger partial charge in [0.1, 0.15) is 5.82 Å². The van der Waals surface area contributed by atoms with Gasteiger partial charge in [0.15, 0.2) is 0 Å². The first-order chi connectivity index (χ1) is 29.6. The lowest BCUT2D eigenvalue weighted by atomic mass is 9.84. The Morgan fingerprint density at radius 1 is 0.617 bits per heavy atom. The van der Waals surface area contributed by atoms with E-state index in [2.05, 4.69) is 183 Å². The number of benzene rings is 4. The first kappa shape index (κ1) is 36.6. The zero-order valence-corrected chi connectivity index (χ0v) is 34.6. The number of pyridine rings is 1. The van der Waals surface area contributed by atoms with Crippen LogP contribution >= 0.6 is 11.3 Å². The molecule has 3 unspecified atom stereocenters. The van der Waals surface area contributed by atoms with Crippen LogP contribution in [0, 0.1) is 5.92 Å². The Hall–Kier alpha value is -6.49. The number of hydrogen-bond donors (Lipinski definition) is 0. The summed E-state index contributed by atoms with van der Waals surface area (Å²) in [4.78, 5) is 16.1. The quantitative estimate of drug-likeness (QED) is 0.161. The highest BCUT2D eigenvalue weighted by molar-refractivity contribution is 7.26. The lowest BCUT2D eigenvalue weighted by Gasteiger charge is -2.22. The van der Waals surface area contributed by atoms with Crippen LogP contribution in [0.15, 0.2) is 187 Å². The van der Waals surface area contributed by atoms with Crippen LogP contribution in [-0.4, -0.2) is 15.0 Å². The lowest BCUT2D eigenvalue weighted by molar-refractivity contribution is 0.627. The molecule has 4 aliphatic carbocycles. The second-order valence-corrected chi connectivity index (χ2v) is 17.5. The lowest BCUT2D eigenvalue weighted by Crippen LogP contribution is -2.10. The predicted molar refractivity (Wildman–Crippen MR) is 254 cm³/mol. The summed E-state index contributed by atoms with van der Waals surface area (Å²) in [6, 6.07) is 37.3. The van der Waals surface area contributed by atoms with E-state index in [-0.39, 0.29) is 11.8 Å². The maximum absolute atomic E-state index is 5.49. The van der Waals surface area contributed by atoms with E-state index in [1.807, 2.05) is 11.3 Å². The summed E-state index contributed by atoms with van der Waals surface area (Å²) in [5.74, 6) is 1.58. The molecule has 0 amide bonds. The molecule has 3 atom stereocenters. The Morgan fingerprint density at radius 2 is 1.40 bits per heavy atom. The molecule has 4 aliphatic rings. The molecule has 0 spiro atoms. The van der Waals surface area contributed by atoms with Crippen LogP contribution in [0.25, 0.3) is 64.6 Å². The zero-order chi connectivity index (χ0) is 40.0. The molecule has 0 saturated carbocycles. The van der Waals surface area contributed by atoms with Gasteiger partial charge in [0.25, 0.3) is 0 Å². The molecule has 0 fully saturated rings. The molecular formula is C56H45N3S. The molecule has 11 rings (SSSR count). The molecule has 3 nitrogen and oxygen atoms in total. The second-order valence-electron chi connectivity index (χ2n) is 16.5. The summed E-state index contributed by atoms with van der Waals surface area (Å²) in [5.41, 5.74) is 14.4. The molecule has 4 heteroatoms. The zero-order valence-electron chi connectivity index (χ0n) is 33.8. The molecule has 7 aromatic rings. The van der Waals surface area contributed by atoms with E-state index >= 15 is 0 Å². The maximum Gasteiger partial charge on any atom is 0.136 e. The third kappa shape index (κ3) is 6.75. The first-order valence-electron chi connectivity index (χ1n) is 21.4. The first-order valence-corrected chi connectivity index (χ1v) is 22.2. The molecule has 4 aromatic carbocycles. The fourth-order valence-corrected chi connectivity index (χ4v) is 10.8. The molecule has 3 heterocycles. The van der Waals surface area contributed by atoms with Crippen molar-refractivity contribution in [2.75, 3.05) is 0 Å². The van der Waals surface area contributed by atoms with E-state index in [0.29, 0.717) is 5.92 Å². The summed E-state index contributed by atoms with van der Waals surface area (Å²) in [6.45, 7) is 2.30. The summed E-state index contributed by atoms with van der Waals surface area (Å²) < 4.78 is 2.62. The van der Waals surface area contributed by atoms with E-state index in [9.17, 15) is 0 Å². The van der Waals surface area contributed by atoms with Gasteiger partial charge in [0.05, 0.1) is 22.6 Å². The number of thiophene rings is 1. The van der Waals surface area contributed by atoms with E-state index in [1.165, 1.54) is 70.2 Å². The summed E-state index contributed by atoms with van der Waals surface area (Å²) >= 11 is 1.89. The van der Waals surface area contributed by atoms with E-state index < -0.39 is 0 Å². The van der Waals surface area contributed by atoms with E-state index in [1.54, 1.807) is 0 Å². The summed E-state index contributed by atoms with van der Waals surface area (Å²) in [5, 5.41) is 3.81. The molecule has 0 N–H and O–H groups in total. The van der Waals surface area contributed by atoms with Crippen molar-refractivity contribution in [1.29, 1.82) is 0 Å². The minimum atomic E-state index is 0.102. The SMILES string of the molecule is CC1C=CC=CC1c1nc2cccc(-c3ccc(-c4cc(C5=CC=C(C6=CC=CCC6)CC5)nc(C5C=CC(c6ccccc6)=CC5)n4)cc3)c2c2sc3ccccc3c12. The highest BCUT2D eigenvalue weighted by atomic mass is 32.1. The predicted octanol–water partition coefficient (Wildman–Crippen LogP) is 15.1. The number of rotatable bonds is 7. The smallest absolute Gasteiger partial charge is 0.136 e. The van der Waals surface area contributed by atoms with Crippen molar-refractivity contribution in [2.24, 2.45) is 5.92 Å². The summed E-state index contributed by atoms with van der Waals surface area (Å²) in [6.07, 6.45) is 32.3. The van der Waals surface area contributed by atoms with Crippen molar-refractivity contribution in [2.45, 2.75) is 50.9 Å². The van der Waals surface area contributed by atoms with E-state index in [4.69, 9.17) is 15.0 Å². The number of allylic oxidation sites excluding steroid dienone is 16. The van der Waals surface area contributed by atoms with Gasteiger partial charge in [-0.2, -0.15) is 0 Å². The minimum Gasteiger partial charge on any atom is -0.251 e. The standard InChI is InChI=1S/C56H45N3S/c1-36-13-8-9-18-45(36)54-53-47-19-10-11-22-51(47)60-55(53)52-46(20-12-21-48(52)57-54)41-27-31-43(32-28-41)50-35-49(42-29-23-39(24-30-42)37-14-4-2-5-15-37)58-56(59-50)44-33-25-40(26-34-44)38-16-6-3-7-17-38/h2-4,6-14,16-23,25-29,31-33,35-36,44-45H,5,15,24,30,34H2,1H3. The van der Waals surface area contributed by atoms with Crippen LogP contribution < -0.4 is 0 Å².